The molecule has 1 aromatic heterocycles. The summed E-state index contributed by atoms with van der Waals surface area (Å²) in [5.41, 5.74) is 26.5. The molecule has 402 valence electrons. The van der Waals surface area contributed by atoms with Crippen molar-refractivity contribution in [3.8, 4) is 101 Å². The van der Waals surface area contributed by atoms with Crippen LogP contribution in [0.5, 0.6) is 0 Å². The predicted molar refractivity (Wildman–Crippen MR) is 342 cm³/mol. The fraction of sp³-hybridized carbons (Fsp3) is 0.260. The number of nitrogens with zero attached hydrogens (tertiary/aromatic N) is 3. The van der Waals surface area contributed by atoms with Crippen LogP contribution < -0.4 is 0 Å². The van der Waals surface area contributed by atoms with Gasteiger partial charge in [0.15, 0.2) is 17.5 Å². The third kappa shape index (κ3) is 12.1. The lowest BCUT2D eigenvalue weighted by atomic mass is 9.84. The molecule has 0 fully saturated rings. The largest absolute Gasteiger partial charge is 0.208 e. The molecule has 10 rings (SSSR count). The minimum atomic E-state index is 0.0329. The van der Waals surface area contributed by atoms with E-state index in [9.17, 15) is 0 Å². The summed E-state index contributed by atoms with van der Waals surface area (Å²) >= 11 is 0. The van der Waals surface area contributed by atoms with Gasteiger partial charge in [-0.2, -0.15) is 0 Å². The highest BCUT2D eigenvalue weighted by molar-refractivity contribution is 5.88. The van der Waals surface area contributed by atoms with Gasteiger partial charge in [0.2, 0.25) is 0 Å². The molecule has 0 saturated carbocycles. The molecule has 9 aromatic carbocycles. The van der Waals surface area contributed by atoms with Crippen molar-refractivity contribution in [1.82, 2.24) is 15.0 Å². The number of aromatic nitrogens is 3. The van der Waals surface area contributed by atoms with Crippen molar-refractivity contribution in [1.29, 1.82) is 0 Å². The molecule has 0 aliphatic heterocycles. The lowest BCUT2D eigenvalue weighted by molar-refractivity contribution is 0.590. The zero-order chi connectivity index (χ0) is 57.1. The minimum Gasteiger partial charge on any atom is -0.208 e. The molecular formula is C77H79N3. The van der Waals surface area contributed by atoms with Gasteiger partial charge in [-0.15, -0.1) is 0 Å². The Morgan fingerprint density at radius 1 is 0.212 bits per heavy atom. The summed E-state index contributed by atoms with van der Waals surface area (Å²) in [6.07, 6.45) is 0. The van der Waals surface area contributed by atoms with E-state index >= 15 is 0 Å². The zero-order valence-electron chi connectivity index (χ0n) is 50.2. The van der Waals surface area contributed by atoms with Gasteiger partial charge in [0.05, 0.1) is 0 Å². The SMILES string of the molecule is Cc1ccc(-c2nc(-c3cc(-c4cc(-c5ccc(C(C)(C)C)cc5)cc(-c5ccc(C(C)(C)C)cc5)c4)cc(-c4cc(-c5ccc(C(C)(C)C)cc5)cc(-c5ccc(C(C)(C)C)cc5)c4)c3)nc(-c3ccc(C)cc3C)n2)c(C)c1. The topological polar surface area (TPSA) is 38.7 Å². The molecule has 3 nitrogen and oxygen atoms in total. The second kappa shape index (κ2) is 21.2. The van der Waals surface area contributed by atoms with E-state index in [4.69, 9.17) is 15.0 Å². The van der Waals surface area contributed by atoms with Gasteiger partial charge >= 0.3 is 0 Å². The standard InChI is InChI=1S/C77H79N3/c1-48-17-35-69(50(3)37-48)72-78-71(79-73(80-72)70-36-18-49(2)38-51(70)4)64-46-62(60-41-56(52-19-27-65(28-20-52)74(5,6)7)39-57(42-60)53-21-29-66(30-22-53)75(8,9)10)45-63(47-64)61-43-58(54-23-31-67(32-24-54)76(11,12)13)40-59(44-61)55-25-33-68(34-26-55)77(14,15)16/h17-47H,1-16H3. The summed E-state index contributed by atoms with van der Waals surface area (Å²) in [6, 6.07) is 70.8. The maximum atomic E-state index is 5.46. The van der Waals surface area contributed by atoms with Crippen LogP contribution in [0.2, 0.25) is 0 Å². The molecule has 0 saturated heterocycles. The van der Waals surface area contributed by atoms with Gasteiger partial charge in [-0.05, 0) is 204 Å². The Hall–Kier alpha value is -8.01. The number of benzene rings is 9. The van der Waals surface area contributed by atoms with Crippen molar-refractivity contribution in [2.45, 2.75) is 132 Å². The molecular weight excluding hydrogens is 967 g/mol. The first-order valence-electron chi connectivity index (χ1n) is 28.5. The molecule has 80 heavy (non-hydrogen) atoms. The quantitative estimate of drug-likeness (QED) is 0.145. The first-order chi connectivity index (χ1) is 37.7. The van der Waals surface area contributed by atoms with Gasteiger partial charge in [-0.3, -0.25) is 0 Å². The van der Waals surface area contributed by atoms with Crippen molar-refractivity contribution < 1.29 is 0 Å². The molecule has 0 spiro atoms. The van der Waals surface area contributed by atoms with Crippen molar-refractivity contribution in [3.63, 3.8) is 0 Å². The second-order valence-electron chi connectivity index (χ2n) is 26.6. The number of rotatable bonds is 9. The lowest BCUT2D eigenvalue weighted by Crippen LogP contribution is -2.10. The molecule has 3 heteroatoms. The maximum Gasteiger partial charge on any atom is 0.164 e. The molecule has 0 N–H and O–H groups in total. The third-order valence-corrected chi connectivity index (χ3v) is 15.9. The fourth-order valence-electron chi connectivity index (χ4n) is 10.9. The summed E-state index contributed by atoms with van der Waals surface area (Å²) in [5, 5.41) is 0. The van der Waals surface area contributed by atoms with Crippen LogP contribution in [0.15, 0.2) is 188 Å². The van der Waals surface area contributed by atoms with Crippen LogP contribution in [-0.4, -0.2) is 15.0 Å². The highest BCUT2D eigenvalue weighted by atomic mass is 15.0. The van der Waals surface area contributed by atoms with E-state index in [0.717, 1.165) is 72.3 Å². The monoisotopic (exact) mass is 1050 g/mol. The van der Waals surface area contributed by atoms with Gasteiger partial charge in [0, 0.05) is 16.7 Å². The van der Waals surface area contributed by atoms with Crippen molar-refractivity contribution in [2.24, 2.45) is 0 Å². The summed E-state index contributed by atoms with van der Waals surface area (Å²) in [6.45, 7) is 35.9. The Labute approximate surface area is 478 Å². The predicted octanol–water partition coefficient (Wildman–Crippen LogP) is 21.3. The Morgan fingerprint density at radius 3 is 0.650 bits per heavy atom. The first kappa shape index (κ1) is 55.3. The summed E-state index contributed by atoms with van der Waals surface area (Å²) < 4.78 is 0. The van der Waals surface area contributed by atoms with E-state index < -0.39 is 0 Å². The van der Waals surface area contributed by atoms with Crippen LogP contribution in [0.4, 0.5) is 0 Å². The van der Waals surface area contributed by atoms with Crippen LogP contribution in [-0.2, 0) is 21.7 Å². The third-order valence-electron chi connectivity index (χ3n) is 15.9. The highest BCUT2D eigenvalue weighted by Gasteiger charge is 2.22. The van der Waals surface area contributed by atoms with Crippen molar-refractivity contribution in [3.05, 3.63) is 233 Å². The maximum absolute atomic E-state index is 5.46. The smallest absolute Gasteiger partial charge is 0.164 e. The highest BCUT2D eigenvalue weighted by Crippen LogP contribution is 2.42. The summed E-state index contributed by atoms with van der Waals surface area (Å²) in [5.74, 6) is 1.92. The molecule has 0 unspecified atom stereocenters. The molecule has 1 heterocycles. The Balaban J connectivity index is 1.26. The number of aryl methyl sites for hydroxylation is 4. The Bertz CT molecular complexity index is 3500. The van der Waals surface area contributed by atoms with E-state index in [-0.39, 0.29) is 21.7 Å². The van der Waals surface area contributed by atoms with Gasteiger partial charge < -0.3 is 0 Å². The van der Waals surface area contributed by atoms with E-state index in [0.29, 0.717) is 17.5 Å². The molecule has 10 aromatic rings. The minimum absolute atomic E-state index is 0.0329. The van der Waals surface area contributed by atoms with E-state index in [1.807, 2.05) is 0 Å². The van der Waals surface area contributed by atoms with Crippen molar-refractivity contribution >= 4 is 0 Å². The average Bonchev–Trinajstić information content (AvgIpc) is 3.48. The van der Waals surface area contributed by atoms with Gasteiger partial charge in [0.1, 0.15) is 0 Å². The lowest BCUT2D eigenvalue weighted by Gasteiger charge is -2.20. The van der Waals surface area contributed by atoms with Crippen LogP contribution in [0.3, 0.4) is 0 Å². The van der Waals surface area contributed by atoms with Gasteiger partial charge in [0.25, 0.3) is 0 Å². The first-order valence-corrected chi connectivity index (χ1v) is 28.5. The molecule has 0 atom stereocenters. The van der Waals surface area contributed by atoms with Crippen LogP contribution in [0.25, 0.3) is 101 Å². The summed E-state index contributed by atoms with van der Waals surface area (Å²) in [7, 11) is 0. The zero-order valence-corrected chi connectivity index (χ0v) is 50.2. The summed E-state index contributed by atoms with van der Waals surface area (Å²) in [4.78, 5) is 16.2. The Morgan fingerprint density at radius 2 is 0.425 bits per heavy atom. The van der Waals surface area contributed by atoms with Crippen LogP contribution >= 0.6 is 0 Å². The van der Waals surface area contributed by atoms with E-state index in [1.54, 1.807) is 0 Å². The molecule has 0 aliphatic rings. The normalized spacial score (nSPS) is 12.2. The fourth-order valence-corrected chi connectivity index (χ4v) is 10.9. The molecule has 0 bridgehead atoms. The average molecular weight is 1050 g/mol. The number of hydrogen-bond acceptors (Lipinski definition) is 3. The number of hydrogen-bond donors (Lipinski definition) is 0. The van der Waals surface area contributed by atoms with Crippen LogP contribution in [0, 0.1) is 27.7 Å². The van der Waals surface area contributed by atoms with Gasteiger partial charge in [-0.25, -0.2) is 15.0 Å². The van der Waals surface area contributed by atoms with Gasteiger partial charge in [-0.1, -0.05) is 228 Å². The Kier molecular flexibility index (Phi) is 14.7. The second-order valence-corrected chi connectivity index (χ2v) is 26.6. The molecule has 0 radical (unpaired) electrons. The molecule has 0 amide bonds. The van der Waals surface area contributed by atoms with E-state index in [2.05, 4.69) is 299 Å². The van der Waals surface area contributed by atoms with Crippen molar-refractivity contribution in [2.75, 3.05) is 0 Å². The van der Waals surface area contributed by atoms with E-state index in [1.165, 1.54) is 55.6 Å². The molecule has 0 aliphatic carbocycles. The van der Waals surface area contributed by atoms with Crippen LogP contribution in [0.1, 0.15) is 128 Å².